The molecule has 0 radical (unpaired) electrons. The van der Waals surface area contributed by atoms with Gasteiger partial charge in [0.05, 0.1) is 10.5 Å². The second-order valence-electron chi connectivity index (χ2n) is 6.41. The minimum Gasteiger partial charge on any atom is -0.335 e. The number of carbonyl (C=O) groups is 2. The first-order valence-electron chi connectivity index (χ1n) is 8.46. The summed E-state index contributed by atoms with van der Waals surface area (Å²) in [5, 5.41) is 5.24. The van der Waals surface area contributed by atoms with E-state index in [9.17, 15) is 31.2 Å². The zero-order valence-electron chi connectivity index (χ0n) is 14.8. The van der Waals surface area contributed by atoms with Crippen molar-refractivity contribution in [3.63, 3.8) is 0 Å². The van der Waals surface area contributed by atoms with Gasteiger partial charge in [0.25, 0.3) is 15.9 Å². The SMILES string of the molecule is O=C(Nc1ccc(S(=O)(=O)NC(=O)c2cccc(C(F)(F)F)c2)cc1)NC1CC1. The van der Waals surface area contributed by atoms with Crippen molar-refractivity contribution < 1.29 is 31.2 Å². The van der Waals surface area contributed by atoms with Crippen LogP contribution in [0.5, 0.6) is 0 Å². The van der Waals surface area contributed by atoms with E-state index in [2.05, 4.69) is 10.6 Å². The molecule has 11 heteroatoms. The maximum absolute atomic E-state index is 12.8. The third-order valence-corrected chi connectivity index (χ3v) is 5.36. The van der Waals surface area contributed by atoms with Crippen LogP contribution in [0, 0.1) is 0 Å². The maximum Gasteiger partial charge on any atom is 0.416 e. The molecular weight excluding hydrogens is 411 g/mol. The fourth-order valence-electron chi connectivity index (χ4n) is 2.37. The first-order valence-corrected chi connectivity index (χ1v) is 9.95. The molecule has 0 aliphatic heterocycles. The number of hydrogen-bond acceptors (Lipinski definition) is 4. The van der Waals surface area contributed by atoms with Crippen LogP contribution in [-0.4, -0.2) is 26.4 Å². The minimum atomic E-state index is -4.66. The van der Waals surface area contributed by atoms with Crippen molar-refractivity contribution in [2.24, 2.45) is 0 Å². The molecule has 3 N–H and O–H groups in total. The number of nitrogens with one attached hydrogen (secondary N) is 3. The monoisotopic (exact) mass is 427 g/mol. The van der Waals surface area contributed by atoms with Gasteiger partial charge < -0.3 is 10.6 Å². The lowest BCUT2D eigenvalue weighted by atomic mass is 10.1. The molecule has 29 heavy (non-hydrogen) atoms. The molecule has 2 aromatic carbocycles. The van der Waals surface area contributed by atoms with Crippen molar-refractivity contribution in [1.82, 2.24) is 10.0 Å². The molecular formula is C18H16F3N3O4S. The van der Waals surface area contributed by atoms with E-state index < -0.39 is 39.3 Å². The minimum absolute atomic E-state index is 0.153. The number of sulfonamides is 1. The van der Waals surface area contributed by atoms with Gasteiger partial charge >= 0.3 is 12.2 Å². The predicted octanol–water partition coefficient (Wildman–Crippen LogP) is 3.11. The Kier molecular flexibility index (Phi) is 5.51. The molecule has 0 unspecified atom stereocenters. The van der Waals surface area contributed by atoms with E-state index in [0.717, 1.165) is 43.2 Å². The molecule has 0 heterocycles. The summed E-state index contributed by atoms with van der Waals surface area (Å²) < 4.78 is 64.6. The topological polar surface area (TPSA) is 104 Å². The average Bonchev–Trinajstić information content (AvgIpc) is 3.45. The maximum atomic E-state index is 12.8. The summed E-state index contributed by atoms with van der Waals surface area (Å²) in [6, 6.07) is 8.14. The quantitative estimate of drug-likeness (QED) is 0.682. The standard InChI is InChI=1S/C18H16F3N3O4S/c19-18(20,21)12-3-1-2-11(10-12)16(25)24-29(27,28)15-8-6-14(7-9-15)23-17(26)22-13-4-5-13/h1-3,6-10,13H,4-5H2,(H,24,25)(H2,22,23,26). The number of anilines is 1. The molecule has 154 valence electrons. The number of amides is 3. The highest BCUT2D eigenvalue weighted by Crippen LogP contribution is 2.29. The van der Waals surface area contributed by atoms with Crippen LogP contribution in [0.3, 0.4) is 0 Å². The Bertz CT molecular complexity index is 1030. The number of benzene rings is 2. The van der Waals surface area contributed by atoms with Crippen LogP contribution in [0.2, 0.25) is 0 Å². The molecule has 0 aromatic heterocycles. The third kappa shape index (κ3) is 5.47. The molecule has 0 spiro atoms. The van der Waals surface area contributed by atoms with Crippen molar-refractivity contribution >= 4 is 27.6 Å². The molecule has 0 saturated heterocycles. The van der Waals surface area contributed by atoms with E-state index in [1.54, 1.807) is 4.72 Å². The summed E-state index contributed by atoms with van der Waals surface area (Å²) in [5.41, 5.74) is -1.17. The van der Waals surface area contributed by atoms with Crippen molar-refractivity contribution in [3.05, 3.63) is 59.7 Å². The molecule has 2 aromatic rings. The van der Waals surface area contributed by atoms with Crippen LogP contribution in [-0.2, 0) is 16.2 Å². The summed E-state index contributed by atoms with van der Waals surface area (Å²) >= 11 is 0. The molecule has 3 rings (SSSR count). The van der Waals surface area contributed by atoms with Gasteiger partial charge in [-0.1, -0.05) is 6.07 Å². The average molecular weight is 427 g/mol. The van der Waals surface area contributed by atoms with Crippen LogP contribution in [0.25, 0.3) is 0 Å². The number of alkyl halides is 3. The fraction of sp³-hybridized carbons (Fsp3) is 0.222. The molecule has 0 atom stereocenters. The number of rotatable bonds is 5. The number of halogens is 3. The summed E-state index contributed by atoms with van der Waals surface area (Å²) in [6.45, 7) is 0. The largest absolute Gasteiger partial charge is 0.416 e. The Morgan fingerprint density at radius 3 is 2.24 bits per heavy atom. The highest BCUT2D eigenvalue weighted by atomic mass is 32.2. The zero-order valence-corrected chi connectivity index (χ0v) is 15.6. The predicted molar refractivity (Wildman–Crippen MR) is 97.7 cm³/mol. The van der Waals surface area contributed by atoms with Crippen LogP contribution in [0.4, 0.5) is 23.7 Å². The van der Waals surface area contributed by atoms with Gasteiger partial charge in [0.15, 0.2) is 0 Å². The smallest absolute Gasteiger partial charge is 0.335 e. The lowest BCUT2D eigenvalue weighted by Crippen LogP contribution is -2.31. The fourth-order valence-corrected chi connectivity index (χ4v) is 3.35. The molecule has 1 saturated carbocycles. The zero-order chi connectivity index (χ0) is 21.2. The molecule has 1 aliphatic carbocycles. The first-order chi connectivity index (χ1) is 13.5. The molecule has 1 fully saturated rings. The lowest BCUT2D eigenvalue weighted by Gasteiger charge is -2.11. The van der Waals surface area contributed by atoms with E-state index >= 15 is 0 Å². The summed E-state index contributed by atoms with van der Waals surface area (Å²) in [4.78, 5) is 23.5. The van der Waals surface area contributed by atoms with E-state index in [1.807, 2.05) is 0 Å². The van der Waals surface area contributed by atoms with Gasteiger partial charge in [0.1, 0.15) is 0 Å². The highest BCUT2D eigenvalue weighted by Gasteiger charge is 2.31. The van der Waals surface area contributed by atoms with Gasteiger partial charge in [0, 0.05) is 17.3 Å². The Balaban J connectivity index is 1.68. The van der Waals surface area contributed by atoms with Crippen molar-refractivity contribution in [1.29, 1.82) is 0 Å². The Morgan fingerprint density at radius 2 is 1.66 bits per heavy atom. The third-order valence-electron chi connectivity index (χ3n) is 4.01. The van der Waals surface area contributed by atoms with Crippen molar-refractivity contribution in [2.75, 3.05) is 5.32 Å². The second kappa shape index (κ2) is 7.74. The van der Waals surface area contributed by atoms with E-state index in [4.69, 9.17) is 0 Å². The summed E-state index contributed by atoms with van der Waals surface area (Å²) in [7, 11) is -4.32. The second-order valence-corrected chi connectivity index (χ2v) is 8.09. The van der Waals surface area contributed by atoms with Crippen molar-refractivity contribution in [3.8, 4) is 0 Å². The summed E-state index contributed by atoms with van der Waals surface area (Å²) in [5.74, 6) is -1.19. The van der Waals surface area contributed by atoms with Gasteiger partial charge in [-0.2, -0.15) is 13.2 Å². The Hall–Kier alpha value is -3.08. The van der Waals surface area contributed by atoms with E-state index in [1.165, 1.54) is 12.1 Å². The van der Waals surface area contributed by atoms with Crippen LogP contribution < -0.4 is 15.4 Å². The highest BCUT2D eigenvalue weighted by molar-refractivity contribution is 7.90. The van der Waals surface area contributed by atoms with Crippen molar-refractivity contribution in [2.45, 2.75) is 30.0 Å². The number of urea groups is 1. The van der Waals surface area contributed by atoms with Crippen LogP contribution in [0.15, 0.2) is 53.4 Å². The van der Waals surface area contributed by atoms with Gasteiger partial charge in [0.2, 0.25) is 0 Å². The number of hydrogen-bond donors (Lipinski definition) is 3. The lowest BCUT2D eigenvalue weighted by molar-refractivity contribution is -0.137. The first kappa shape index (κ1) is 20.6. The molecule has 1 aliphatic rings. The van der Waals surface area contributed by atoms with Gasteiger partial charge in [-0.25, -0.2) is 17.9 Å². The normalized spacial score (nSPS) is 14.2. The summed E-state index contributed by atoms with van der Waals surface area (Å²) in [6.07, 6.45) is -2.84. The van der Waals surface area contributed by atoms with Crippen LogP contribution in [0.1, 0.15) is 28.8 Å². The van der Waals surface area contributed by atoms with Gasteiger partial charge in [-0.15, -0.1) is 0 Å². The molecule has 0 bridgehead atoms. The Morgan fingerprint density at radius 1 is 1.00 bits per heavy atom. The van der Waals surface area contributed by atoms with Gasteiger partial charge in [-0.05, 0) is 55.3 Å². The van der Waals surface area contributed by atoms with Gasteiger partial charge in [-0.3, -0.25) is 4.79 Å². The van der Waals surface area contributed by atoms with E-state index in [-0.39, 0.29) is 10.9 Å². The van der Waals surface area contributed by atoms with E-state index in [0.29, 0.717) is 11.8 Å². The molecule has 7 nitrogen and oxygen atoms in total. The molecule has 3 amide bonds. The van der Waals surface area contributed by atoms with Crippen LogP contribution >= 0.6 is 0 Å². The Labute approximate surface area is 164 Å². The number of carbonyl (C=O) groups excluding carboxylic acids is 2.